The molecule has 1 aromatic heterocycles. The third kappa shape index (κ3) is 5.72. The highest BCUT2D eigenvalue weighted by Crippen LogP contribution is 2.34. The summed E-state index contributed by atoms with van der Waals surface area (Å²) >= 11 is 4.50. The molecule has 0 aliphatic rings. The minimum Gasteiger partial charge on any atom is -0.360 e. The summed E-state index contributed by atoms with van der Waals surface area (Å²) in [6, 6.07) is 18.0. The molecule has 0 aliphatic heterocycles. The second-order valence-corrected chi connectivity index (χ2v) is 9.24. The van der Waals surface area contributed by atoms with Gasteiger partial charge in [-0.2, -0.15) is 0 Å². The molecule has 2 aromatic carbocycles. The molecule has 5 nitrogen and oxygen atoms in total. The number of carbonyl (C=O) groups is 1. The number of para-hydroxylation sites is 1. The number of thioether (sulfide) groups is 1. The quantitative estimate of drug-likeness (QED) is 0.490. The van der Waals surface area contributed by atoms with Crippen molar-refractivity contribution in [3.8, 4) is 0 Å². The van der Waals surface area contributed by atoms with E-state index in [9.17, 15) is 4.79 Å². The highest BCUT2D eigenvalue weighted by atomic mass is 32.2. The van der Waals surface area contributed by atoms with Gasteiger partial charge in [-0.25, -0.2) is 0 Å². The van der Waals surface area contributed by atoms with E-state index < -0.39 is 0 Å². The number of anilines is 2. The van der Waals surface area contributed by atoms with Gasteiger partial charge in [0, 0.05) is 16.3 Å². The molecule has 2 N–H and O–H groups in total. The topological polar surface area (TPSA) is 66.9 Å². The van der Waals surface area contributed by atoms with Gasteiger partial charge in [0.05, 0.1) is 10.9 Å². The van der Waals surface area contributed by atoms with Crippen molar-refractivity contribution in [2.75, 3.05) is 17.2 Å². The Hall–Kier alpha value is -2.03. The summed E-state index contributed by atoms with van der Waals surface area (Å²) in [6.45, 7) is 4.68. The molecule has 3 rings (SSSR count). The SMILES string of the molecule is CCNc1nnc(SC(C)C(=O)Nc2ccccc2Sc2ccccc2)s1. The van der Waals surface area contributed by atoms with E-state index in [1.165, 1.54) is 23.1 Å². The van der Waals surface area contributed by atoms with Gasteiger partial charge in [0.25, 0.3) is 0 Å². The Morgan fingerprint density at radius 3 is 2.63 bits per heavy atom. The number of nitrogens with zero attached hydrogens (tertiary/aromatic N) is 2. The van der Waals surface area contributed by atoms with E-state index in [0.29, 0.717) is 0 Å². The number of aromatic nitrogens is 2. The Morgan fingerprint density at radius 2 is 1.85 bits per heavy atom. The molecule has 0 aliphatic carbocycles. The molecule has 140 valence electrons. The number of hydrogen-bond donors (Lipinski definition) is 2. The van der Waals surface area contributed by atoms with Gasteiger partial charge in [-0.1, -0.05) is 65.2 Å². The normalized spacial score (nSPS) is 11.8. The molecule has 0 bridgehead atoms. The highest BCUT2D eigenvalue weighted by molar-refractivity contribution is 8.02. The van der Waals surface area contributed by atoms with Crippen LogP contribution < -0.4 is 10.6 Å². The van der Waals surface area contributed by atoms with Crippen molar-refractivity contribution in [2.24, 2.45) is 0 Å². The fourth-order valence-corrected chi connectivity index (χ4v) is 5.08. The molecule has 1 heterocycles. The van der Waals surface area contributed by atoms with Crippen LogP contribution in [-0.4, -0.2) is 27.9 Å². The predicted molar refractivity (Wildman–Crippen MR) is 115 cm³/mol. The predicted octanol–water partition coefficient (Wildman–Crippen LogP) is 5.24. The van der Waals surface area contributed by atoms with Crippen LogP contribution in [0.2, 0.25) is 0 Å². The van der Waals surface area contributed by atoms with Crippen molar-refractivity contribution in [1.29, 1.82) is 0 Å². The minimum atomic E-state index is -0.276. The first kappa shape index (κ1) is 19.7. The second kappa shape index (κ2) is 9.77. The molecule has 0 radical (unpaired) electrons. The lowest BCUT2D eigenvalue weighted by Gasteiger charge is -2.13. The van der Waals surface area contributed by atoms with Gasteiger partial charge < -0.3 is 10.6 Å². The van der Waals surface area contributed by atoms with Gasteiger partial charge in [0.15, 0.2) is 4.34 Å². The van der Waals surface area contributed by atoms with Crippen molar-refractivity contribution < 1.29 is 4.79 Å². The van der Waals surface area contributed by atoms with Crippen molar-refractivity contribution >= 4 is 51.6 Å². The summed E-state index contributed by atoms with van der Waals surface area (Å²) in [6.07, 6.45) is 0. The summed E-state index contributed by atoms with van der Waals surface area (Å²) in [5.74, 6) is -0.0543. The van der Waals surface area contributed by atoms with E-state index in [0.717, 1.165) is 31.5 Å². The van der Waals surface area contributed by atoms with Gasteiger partial charge in [-0.3, -0.25) is 4.79 Å². The number of benzene rings is 2. The Bertz CT molecular complexity index is 885. The van der Waals surface area contributed by atoms with E-state index in [2.05, 4.69) is 33.0 Å². The van der Waals surface area contributed by atoms with Gasteiger partial charge in [0.2, 0.25) is 11.0 Å². The molecule has 1 unspecified atom stereocenters. The van der Waals surface area contributed by atoms with Crippen molar-refractivity contribution in [1.82, 2.24) is 10.2 Å². The van der Waals surface area contributed by atoms with Crippen molar-refractivity contribution in [2.45, 2.75) is 33.2 Å². The monoisotopic (exact) mass is 416 g/mol. The summed E-state index contributed by atoms with van der Waals surface area (Å²) < 4.78 is 0.778. The van der Waals surface area contributed by atoms with Crippen LogP contribution in [0, 0.1) is 0 Å². The maximum Gasteiger partial charge on any atom is 0.237 e. The number of carbonyl (C=O) groups excluding carboxylic acids is 1. The zero-order valence-corrected chi connectivity index (χ0v) is 17.5. The first-order valence-electron chi connectivity index (χ1n) is 8.52. The summed E-state index contributed by atoms with van der Waals surface area (Å²) in [7, 11) is 0. The Balaban J connectivity index is 1.64. The van der Waals surface area contributed by atoms with Crippen molar-refractivity contribution in [3.05, 3.63) is 54.6 Å². The molecule has 27 heavy (non-hydrogen) atoms. The van der Waals surface area contributed by atoms with Gasteiger partial charge in [-0.05, 0) is 38.1 Å². The first-order valence-corrected chi connectivity index (χ1v) is 11.0. The minimum absolute atomic E-state index is 0.0543. The van der Waals surface area contributed by atoms with Crippen LogP contribution in [0.4, 0.5) is 10.8 Å². The molecule has 0 saturated carbocycles. The molecule has 0 saturated heterocycles. The number of rotatable bonds is 8. The Labute approximate surface area is 171 Å². The Kier molecular flexibility index (Phi) is 7.14. The lowest BCUT2D eigenvalue weighted by atomic mass is 10.3. The van der Waals surface area contributed by atoms with Crippen LogP contribution in [0.3, 0.4) is 0 Å². The molecule has 1 amide bonds. The smallest absolute Gasteiger partial charge is 0.237 e. The lowest BCUT2D eigenvalue weighted by molar-refractivity contribution is -0.115. The van der Waals surface area contributed by atoms with Gasteiger partial charge in [-0.15, -0.1) is 10.2 Å². The number of hydrogen-bond acceptors (Lipinski definition) is 7. The molecule has 1 atom stereocenters. The van der Waals surface area contributed by atoms with Crippen LogP contribution in [0.5, 0.6) is 0 Å². The number of amides is 1. The fourth-order valence-electron chi connectivity index (χ4n) is 2.19. The molecule has 8 heteroatoms. The highest BCUT2D eigenvalue weighted by Gasteiger charge is 2.18. The largest absolute Gasteiger partial charge is 0.360 e. The maximum atomic E-state index is 12.7. The van der Waals surface area contributed by atoms with E-state index in [4.69, 9.17) is 0 Å². The van der Waals surface area contributed by atoms with E-state index >= 15 is 0 Å². The van der Waals surface area contributed by atoms with Gasteiger partial charge >= 0.3 is 0 Å². The zero-order valence-electron chi connectivity index (χ0n) is 15.0. The lowest BCUT2D eigenvalue weighted by Crippen LogP contribution is -2.22. The van der Waals surface area contributed by atoms with Gasteiger partial charge in [0.1, 0.15) is 0 Å². The third-order valence-electron chi connectivity index (χ3n) is 3.50. The number of nitrogens with one attached hydrogen (secondary N) is 2. The van der Waals surface area contributed by atoms with Crippen LogP contribution in [0.15, 0.2) is 68.7 Å². The molecular formula is C19H20N4OS3. The maximum absolute atomic E-state index is 12.7. The summed E-state index contributed by atoms with van der Waals surface area (Å²) in [4.78, 5) is 14.8. The molecular weight excluding hydrogens is 396 g/mol. The van der Waals surface area contributed by atoms with E-state index in [-0.39, 0.29) is 11.2 Å². The van der Waals surface area contributed by atoms with Crippen LogP contribution >= 0.6 is 34.9 Å². The average molecular weight is 417 g/mol. The Morgan fingerprint density at radius 1 is 1.11 bits per heavy atom. The second-order valence-electron chi connectivity index (χ2n) is 5.56. The van der Waals surface area contributed by atoms with E-state index in [1.807, 2.05) is 56.3 Å². The van der Waals surface area contributed by atoms with Crippen LogP contribution in [-0.2, 0) is 4.79 Å². The molecule has 3 aromatic rings. The fraction of sp³-hybridized carbons (Fsp3) is 0.211. The van der Waals surface area contributed by atoms with Crippen molar-refractivity contribution in [3.63, 3.8) is 0 Å². The summed E-state index contributed by atoms with van der Waals surface area (Å²) in [5, 5.41) is 14.9. The van der Waals surface area contributed by atoms with Crippen LogP contribution in [0.1, 0.15) is 13.8 Å². The molecule has 0 fully saturated rings. The van der Waals surface area contributed by atoms with Crippen LogP contribution in [0.25, 0.3) is 0 Å². The average Bonchev–Trinajstić information content (AvgIpc) is 3.11. The molecule has 0 spiro atoms. The first-order chi connectivity index (χ1) is 13.2. The standard InChI is InChI=1S/C19H20N4OS3/c1-3-20-18-22-23-19(27-18)25-13(2)17(24)21-15-11-7-8-12-16(15)26-14-9-5-4-6-10-14/h4-13H,3H2,1-2H3,(H,20,22)(H,21,24). The summed E-state index contributed by atoms with van der Waals surface area (Å²) in [5.41, 5.74) is 0.814. The third-order valence-corrected chi connectivity index (χ3v) is 6.65. The zero-order chi connectivity index (χ0) is 19.1. The van der Waals surface area contributed by atoms with E-state index in [1.54, 1.807) is 11.8 Å².